The summed E-state index contributed by atoms with van der Waals surface area (Å²) in [4.78, 5) is 34.5. The first-order chi connectivity index (χ1) is 10.5. The standard InChI is InChI=1S/C14H18N2O6/c1-20-11(21-2)8-15-12(17)13(18)16-10-6-4-9(5-7-10)14(19)22-3/h4-7,11H,8H2,1-3H3,(H,15,17)(H,16,18). The predicted molar refractivity (Wildman–Crippen MR) is 77.2 cm³/mol. The normalized spacial score (nSPS) is 10.2. The van der Waals surface area contributed by atoms with Crippen LogP contribution in [0.25, 0.3) is 0 Å². The van der Waals surface area contributed by atoms with Crippen molar-refractivity contribution < 1.29 is 28.6 Å². The van der Waals surface area contributed by atoms with Crippen LogP contribution in [0.15, 0.2) is 24.3 Å². The molecule has 0 radical (unpaired) electrons. The third-order valence-corrected chi connectivity index (χ3v) is 2.73. The predicted octanol–water partition coefficient (Wildman–Crippen LogP) is 0.147. The topological polar surface area (TPSA) is 103 Å². The fourth-order valence-corrected chi connectivity index (χ4v) is 1.51. The summed E-state index contributed by atoms with van der Waals surface area (Å²) in [5, 5.41) is 4.77. The molecule has 0 aliphatic carbocycles. The molecule has 2 amide bonds. The van der Waals surface area contributed by atoms with E-state index in [9.17, 15) is 14.4 Å². The summed E-state index contributed by atoms with van der Waals surface area (Å²) in [6.45, 7) is 0.0422. The van der Waals surface area contributed by atoms with Gasteiger partial charge < -0.3 is 24.8 Å². The minimum atomic E-state index is -0.836. The molecule has 22 heavy (non-hydrogen) atoms. The lowest BCUT2D eigenvalue weighted by atomic mass is 10.2. The smallest absolute Gasteiger partial charge is 0.337 e. The minimum absolute atomic E-state index is 0.0422. The van der Waals surface area contributed by atoms with Gasteiger partial charge in [0.25, 0.3) is 0 Å². The van der Waals surface area contributed by atoms with Crippen LogP contribution < -0.4 is 10.6 Å². The fraction of sp³-hybridized carbons (Fsp3) is 0.357. The van der Waals surface area contributed by atoms with Crippen molar-refractivity contribution in [3.8, 4) is 0 Å². The van der Waals surface area contributed by atoms with Gasteiger partial charge >= 0.3 is 17.8 Å². The molecule has 0 saturated heterocycles. The molecule has 0 atom stereocenters. The first-order valence-electron chi connectivity index (χ1n) is 6.35. The molecule has 120 valence electrons. The Kier molecular flexibility index (Phi) is 7.00. The number of ether oxygens (including phenoxy) is 3. The summed E-state index contributed by atoms with van der Waals surface area (Å²) < 4.78 is 14.3. The SMILES string of the molecule is COC(=O)c1ccc(NC(=O)C(=O)NCC(OC)OC)cc1. The summed E-state index contributed by atoms with van der Waals surface area (Å²) in [6, 6.07) is 5.94. The van der Waals surface area contributed by atoms with E-state index in [1.54, 1.807) is 0 Å². The third kappa shape index (κ3) is 5.15. The molecular formula is C14H18N2O6. The molecule has 1 aromatic carbocycles. The second-order valence-electron chi connectivity index (χ2n) is 4.13. The molecule has 0 aromatic heterocycles. The van der Waals surface area contributed by atoms with Gasteiger partial charge in [-0.3, -0.25) is 9.59 Å². The molecule has 1 aromatic rings. The van der Waals surface area contributed by atoms with E-state index in [0.717, 1.165) is 0 Å². The fourth-order valence-electron chi connectivity index (χ4n) is 1.51. The van der Waals surface area contributed by atoms with Gasteiger partial charge in [-0.25, -0.2) is 4.79 Å². The number of methoxy groups -OCH3 is 3. The zero-order valence-electron chi connectivity index (χ0n) is 12.5. The van der Waals surface area contributed by atoms with Crippen LogP contribution in [0.2, 0.25) is 0 Å². The van der Waals surface area contributed by atoms with Crippen molar-refractivity contribution in [1.82, 2.24) is 5.32 Å². The van der Waals surface area contributed by atoms with E-state index in [1.807, 2.05) is 0 Å². The van der Waals surface area contributed by atoms with E-state index in [2.05, 4.69) is 15.4 Å². The van der Waals surface area contributed by atoms with E-state index in [-0.39, 0.29) is 6.54 Å². The van der Waals surface area contributed by atoms with Crippen molar-refractivity contribution in [3.05, 3.63) is 29.8 Å². The molecule has 0 fully saturated rings. The van der Waals surface area contributed by atoms with Gasteiger partial charge in [-0.05, 0) is 24.3 Å². The Morgan fingerprint density at radius 1 is 1.00 bits per heavy atom. The highest BCUT2D eigenvalue weighted by atomic mass is 16.7. The van der Waals surface area contributed by atoms with Crippen LogP contribution in [0, 0.1) is 0 Å². The molecule has 0 heterocycles. The van der Waals surface area contributed by atoms with Gasteiger partial charge in [0.1, 0.15) is 0 Å². The van der Waals surface area contributed by atoms with Crippen LogP contribution in [0.5, 0.6) is 0 Å². The van der Waals surface area contributed by atoms with Gasteiger partial charge in [0, 0.05) is 19.9 Å². The second-order valence-corrected chi connectivity index (χ2v) is 4.13. The Labute approximate surface area is 127 Å². The zero-order valence-corrected chi connectivity index (χ0v) is 12.5. The maximum atomic E-state index is 11.7. The zero-order chi connectivity index (χ0) is 16.5. The summed E-state index contributed by atoms with van der Waals surface area (Å²) in [5.41, 5.74) is 0.718. The molecule has 0 aliphatic heterocycles. The monoisotopic (exact) mass is 310 g/mol. The molecule has 0 unspecified atom stereocenters. The number of amides is 2. The Bertz CT molecular complexity index is 525. The summed E-state index contributed by atoms with van der Waals surface area (Å²) in [7, 11) is 4.11. The van der Waals surface area contributed by atoms with Gasteiger partial charge in [0.15, 0.2) is 6.29 Å². The number of rotatable bonds is 6. The number of hydrogen-bond donors (Lipinski definition) is 2. The van der Waals surface area contributed by atoms with Crippen molar-refractivity contribution in [2.75, 3.05) is 33.2 Å². The maximum absolute atomic E-state index is 11.7. The first-order valence-corrected chi connectivity index (χ1v) is 6.35. The number of hydrogen-bond acceptors (Lipinski definition) is 6. The van der Waals surface area contributed by atoms with Crippen molar-refractivity contribution >= 4 is 23.5 Å². The lowest BCUT2D eigenvalue weighted by Gasteiger charge is -2.13. The molecule has 0 spiro atoms. The number of carbonyl (C=O) groups excluding carboxylic acids is 3. The Morgan fingerprint density at radius 3 is 2.09 bits per heavy atom. The molecule has 2 N–H and O–H groups in total. The second kappa shape index (κ2) is 8.75. The average Bonchev–Trinajstić information content (AvgIpc) is 2.55. The van der Waals surface area contributed by atoms with E-state index in [1.165, 1.54) is 45.6 Å². The molecule has 0 saturated carbocycles. The number of esters is 1. The summed E-state index contributed by atoms with van der Waals surface area (Å²) >= 11 is 0. The highest BCUT2D eigenvalue weighted by Gasteiger charge is 2.16. The number of nitrogens with one attached hydrogen (secondary N) is 2. The van der Waals surface area contributed by atoms with Crippen LogP contribution in [0.1, 0.15) is 10.4 Å². The largest absolute Gasteiger partial charge is 0.465 e. The maximum Gasteiger partial charge on any atom is 0.337 e. The first kappa shape index (κ1) is 17.6. The highest BCUT2D eigenvalue weighted by molar-refractivity contribution is 6.39. The van der Waals surface area contributed by atoms with Crippen molar-refractivity contribution in [2.45, 2.75) is 6.29 Å². The quantitative estimate of drug-likeness (QED) is 0.440. The Morgan fingerprint density at radius 2 is 1.59 bits per heavy atom. The lowest BCUT2D eigenvalue weighted by molar-refractivity contribution is -0.139. The van der Waals surface area contributed by atoms with Crippen molar-refractivity contribution in [1.29, 1.82) is 0 Å². The summed E-state index contributed by atoms with van der Waals surface area (Å²) in [6.07, 6.45) is -0.629. The van der Waals surface area contributed by atoms with Gasteiger partial charge in [-0.15, -0.1) is 0 Å². The minimum Gasteiger partial charge on any atom is -0.465 e. The van der Waals surface area contributed by atoms with E-state index in [0.29, 0.717) is 11.3 Å². The Hall–Kier alpha value is -2.45. The number of carbonyl (C=O) groups is 3. The van der Waals surface area contributed by atoms with Crippen LogP contribution in [0.4, 0.5) is 5.69 Å². The molecule has 0 bridgehead atoms. The highest BCUT2D eigenvalue weighted by Crippen LogP contribution is 2.10. The van der Waals surface area contributed by atoms with Gasteiger partial charge in [-0.1, -0.05) is 0 Å². The van der Waals surface area contributed by atoms with E-state index < -0.39 is 24.1 Å². The van der Waals surface area contributed by atoms with Crippen LogP contribution >= 0.6 is 0 Å². The van der Waals surface area contributed by atoms with Crippen LogP contribution in [0.3, 0.4) is 0 Å². The van der Waals surface area contributed by atoms with Crippen LogP contribution in [-0.2, 0) is 23.8 Å². The Balaban J connectivity index is 2.53. The van der Waals surface area contributed by atoms with Crippen molar-refractivity contribution in [3.63, 3.8) is 0 Å². The number of benzene rings is 1. The number of anilines is 1. The third-order valence-electron chi connectivity index (χ3n) is 2.73. The molecule has 8 nitrogen and oxygen atoms in total. The molecule has 1 rings (SSSR count). The summed E-state index contributed by atoms with van der Waals surface area (Å²) in [5.74, 6) is -2.14. The van der Waals surface area contributed by atoms with Crippen molar-refractivity contribution in [2.24, 2.45) is 0 Å². The average molecular weight is 310 g/mol. The molecule has 0 aliphatic rings. The molecule has 8 heteroatoms. The van der Waals surface area contributed by atoms with Gasteiger partial charge in [-0.2, -0.15) is 0 Å². The molecular weight excluding hydrogens is 292 g/mol. The van der Waals surface area contributed by atoms with Gasteiger partial charge in [0.2, 0.25) is 0 Å². The van der Waals surface area contributed by atoms with Crippen LogP contribution in [-0.4, -0.2) is 51.9 Å². The lowest BCUT2D eigenvalue weighted by Crippen LogP contribution is -2.40. The van der Waals surface area contributed by atoms with E-state index in [4.69, 9.17) is 9.47 Å². The van der Waals surface area contributed by atoms with E-state index >= 15 is 0 Å². The van der Waals surface area contributed by atoms with Gasteiger partial charge in [0.05, 0.1) is 19.2 Å².